The minimum atomic E-state index is -3.68. The number of rotatable bonds is 5. The molecule has 0 spiro atoms. The third kappa shape index (κ3) is 2.97. The molecular weight excluding hydrogens is 321 g/mol. The second-order valence-electron chi connectivity index (χ2n) is 4.06. The van der Waals surface area contributed by atoms with Gasteiger partial charge in [0, 0.05) is 12.4 Å². The molecule has 0 unspecified atom stereocenters. The molecule has 7 heteroatoms. The van der Waals surface area contributed by atoms with Gasteiger partial charge in [0.15, 0.2) is 0 Å². The monoisotopic (exact) mass is 333 g/mol. The van der Waals surface area contributed by atoms with E-state index in [1.165, 1.54) is 22.5 Å². The molecule has 0 saturated carbocycles. The van der Waals surface area contributed by atoms with Crippen LogP contribution in [0.3, 0.4) is 0 Å². The molecule has 0 bridgehead atoms. The number of alkyl halides is 1. The van der Waals surface area contributed by atoms with Crippen LogP contribution in [-0.2, 0) is 15.9 Å². The Morgan fingerprint density at radius 3 is 2.65 bits per heavy atom. The van der Waals surface area contributed by atoms with Crippen LogP contribution in [0.5, 0.6) is 0 Å². The number of sulfonamides is 1. The summed E-state index contributed by atoms with van der Waals surface area (Å²) in [5.74, 6) is -0.207. The average Bonchev–Trinajstić information content (AvgIpc) is 2.89. The summed E-state index contributed by atoms with van der Waals surface area (Å²) in [6.07, 6.45) is 0. The van der Waals surface area contributed by atoms with Gasteiger partial charge >= 0.3 is 0 Å². The van der Waals surface area contributed by atoms with Crippen LogP contribution in [0, 0.1) is 5.82 Å². The van der Waals surface area contributed by atoms with Crippen LogP contribution in [0.1, 0.15) is 12.5 Å². The second kappa shape index (κ2) is 6.11. The normalized spacial score (nSPS) is 11.6. The van der Waals surface area contributed by atoms with Gasteiger partial charge in [-0.2, -0.15) is 0 Å². The molecule has 108 valence electrons. The first-order valence-corrected chi connectivity index (χ1v) is 8.76. The fourth-order valence-electron chi connectivity index (χ4n) is 1.79. The topological polar surface area (TPSA) is 37.4 Å². The maximum absolute atomic E-state index is 13.3. The lowest BCUT2D eigenvalue weighted by Crippen LogP contribution is -2.30. The molecule has 1 heterocycles. The molecule has 20 heavy (non-hydrogen) atoms. The van der Waals surface area contributed by atoms with Gasteiger partial charge in [-0.05, 0) is 42.1 Å². The smallest absolute Gasteiger partial charge is 0.266 e. The maximum Gasteiger partial charge on any atom is 0.273 e. The van der Waals surface area contributed by atoms with Crippen molar-refractivity contribution in [2.24, 2.45) is 0 Å². The lowest BCUT2D eigenvalue weighted by molar-refractivity contribution is 0.593. The maximum atomic E-state index is 13.3. The van der Waals surface area contributed by atoms with Crippen molar-refractivity contribution in [3.05, 3.63) is 47.1 Å². The number of benzene rings is 1. The molecule has 0 aliphatic carbocycles. The highest BCUT2D eigenvalue weighted by Gasteiger charge is 2.25. The predicted molar refractivity (Wildman–Crippen MR) is 80.5 cm³/mol. The van der Waals surface area contributed by atoms with Crippen molar-refractivity contribution in [1.82, 2.24) is 0 Å². The molecule has 0 radical (unpaired) electrons. The van der Waals surface area contributed by atoms with E-state index in [1.807, 2.05) is 0 Å². The van der Waals surface area contributed by atoms with E-state index in [9.17, 15) is 12.8 Å². The molecule has 0 aliphatic rings. The summed E-state index contributed by atoms with van der Waals surface area (Å²) in [6.45, 7) is 1.93. The molecule has 0 N–H and O–H groups in total. The van der Waals surface area contributed by atoms with Crippen molar-refractivity contribution in [3.8, 4) is 0 Å². The van der Waals surface area contributed by atoms with Crippen LogP contribution in [0.2, 0.25) is 0 Å². The number of thiophene rings is 1. The SMILES string of the molecule is CCN(c1cccc(F)c1)S(=O)(=O)c1cc(CCl)cs1. The van der Waals surface area contributed by atoms with E-state index in [0.29, 0.717) is 5.69 Å². The van der Waals surface area contributed by atoms with Crippen molar-refractivity contribution in [2.75, 3.05) is 10.8 Å². The molecule has 0 saturated heterocycles. The molecule has 0 aliphatic heterocycles. The van der Waals surface area contributed by atoms with Crippen LogP contribution in [-0.4, -0.2) is 15.0 Å². The van der Waals surface area contributed by atoms with Crippen molar-refractivity contribution < 1.29 is 12.8 Å². The van der Waals surface area contributed by atoms with E-state index in [0.717, 1.165) is 16.9 Å². The highest BCUT2D eigenvalue weighted by Crippen LogP contribution is 2.28. The second-order valence-corrected chi connectivity index (χ2v) is 7.32. The standard InChI is InChI=1S/C13H13ClFNO2S2/c1-2-16(12-5-3-4-11(15)7-12)20(17,18)13-6-10(8-14)9-19-13/h3-7,9H,2,8H2,1H3. The molecular formula is C13H13ClFNO2S2. The molecule has 2 aromatic rings. The van der Waals surface area contributed by atoms with E-state index >= 15 is 0 Å². The number of anilines is 1. The highest BCUT2D eigenvalue weighted by atomic mass is 35.5. The Labute approximate surface area is 126 Å². The predicted octanol–water partition coefficient (Wildman–Crippen LogP) is 3.84. The largest absolute Gasteiger partial charge is 0.273 e. The number of hydrogen-bond donors (Lipinski definition) is 0. The molecule has 0 amide bonds. The third-order valence-electron chi connectivity index (χ3n) is 2.71. The van der Waals surface area contributed by atoms with Gasteiger partial charge < -0.3 is 0 Å². The first-order valence-electron chi connectivity index (χ1n) is 5.90. The Morgan fingerprint density at radius 2 is 2.10 bits per heavy atom. The van der Waals surface area contributed by atoms with Gasteiger partial charge in [-0.3, -0.25) is 4.31 Å². The van der Waals surface area contributed by atoms with Crippen LogP contribution in [0.15, 0.2) is 39.9 Å². The van der Waals surface area contributed by atoms with Gasteiger partial charge in [0.05, 0.1) is 5.69 Å². The minimum absolute atomic E-state index is 0.208. The Hall–Kier alpha value is -1.11. The van der Waals surface area contributed by atoms with E-state index in [4.69, 9.17) is 11.6 Å². The third-order valence-corrected chi connectivity index (χ3v) is 6.39. The van der Waals surface area contributed by atoms with Gasteiger partial charge in [0.1, 0.15) is 10.0 Å². The van der Waals surface area contributed by atoms with Crippen molar-refractivity contribution >= 4 is 38.6 Å². The van der Waals surface area contributed by atoms with E-state index in [1.54, 1.807) is 24.4 Å². The summed E-state index contributed by atoms with van der Waals surface area (Å²) in [5, 5.41) is 1.71. The molecule has 1 aromatic heterocycles. The summed E-state index contributed by atoms with van der Waals surface area (Å²) < 4.78 is 39.8. The minimum Gasteiger partial charge on any atom is -0.266 e. The zero-order chi connectivity index (χ0) is 14.8. The molecule has 0 atom stereocenters. The Balaban J connectivity index is 2.44. The Bertz CT molecular complexity index is 700. The average molecular weight is 334 g/mol. The van der Waals surface area contributed by atoms with Crippen LogP contribution < -0.4 is 4.31 Å². The lowest BCUT2D eigenvalue weighted by atomic mass is 10.3. The Kier molecular flexibility index (Phi) is 4.67. The summed E-state index contributed by atoms with van der Waals surface area (Å²) in [6, 6.07) is 7.09. The lowest BCUT2D eigenvalue weighted by Gasteiger charge is -2.21. The van der Waals surface area contributed by atoms with Gasteiger partial charge in [-0.1, -0.05) is 6.07 Å². The fraction of sp³-hybridized carbons (Fsp3) is 0.231. The van der Waals surface area contributed by atoms with E-state index in [2.05, 4.69) is 0 Å². The zero-order valence-electron chi connectivity index (χ0n) is 10.7. The summed E-state index contributed by atoms with van der Waals surface area (Å²) >= 11 is 6.81. The Morgan fingerprint density at radius 1 is 1.35 bits per heavy atom. The summed E-state index contributed by atoms with van der Waals surface area (Å²) in [4.78, 5) is 0. The number of hydrogen-bond acceptors (Lipinski definition) is 3. The molecule has 0 fully saturated rings. The van der Waals surface area contributed by atoms with Gasteiger partial charge in [-0.25, -0.2) is 12.8 Å². The summed E-state index contributed by atoms with van der Waals surface area (Å²) in [7, 11) is -3.68. The number of halogens is 2. The van der Waals surface area contributed by atoms with E-state index in [-0.39, 0.29) is 16.6 Å². The molecule has 2 rings (SSSR count). The zero-order valence-corrected chi connectivity index (χ0v) is 13.1. The van der Waals surface area contributed by atoms with Crippen molar-refractivity contribution in [3.63, 3.8) is 0 Å². The molecule has 3 nitrogen and oxygen atoms in total. The fourth-order valence-corrected chi connectivity index (χ4v) is 4.82. The first kappa shape index (κ1) is 15.3. The van der Waals surface area contributed by atoms with Gasteiger partial charge in [0.2, 0.25) is 0 Å². The van der Waals surface area contributed by atoms with Crippen LogP contribution in [0.25, 0.3) is 0 Å². The van der Waals surface area contributed by atoms with Crippen molar-refractivity contribution in [2.45, 2.75) is 17.0 Å². The molecule has 1 aromatic carbocycles. The highest BCUT2D eigenvalue weighted by molar-refractivity contribution is 7.94. The van der Waals surface area contributed by atoms with Gasteiger partial charge in [0.25, 0.3) is 10.0 Å². The van der Waals surface area contributed by atoms with Crippen molar-refractivity contribution in [1.29, 1.82) is 0 Å². The number of nitrogens with zero attached hydrogens (tertiary/aromatic N) is 1. The van der Waals surface area contributed by atoms with Crippen LogP contribution >= 0.6 is 22.9 Å². The van der Waals surface area contributed by atoms with Gasteiger partial charge in [-0.15, -0.1) is 22.9 Å². The van der Waals surface area contributed by atoms with Crippen LogP contribution in [0.4, 0.5) is 10.1 Å². The van der Waals surface area contributed by atoms with E-state index < -0.39 is 15.8 Å². The quantitative estimate of drug-likeness (QED) is 0.780. The summed E-state index contributed by atoms with van der Waals surface area (Å²) in [5.41, 5.74) is 1.07. The first-order chi connectivity index (χ1) is 9.48.